The van der Waals surface area contributed by atoms with Crippen LogP contribution in [0.4, 0.5) is 16.2 Å². The number of nitrogens with two attached hydrogens (primary N) is 1. The maximum Gasteiger partial charge on any atom is 0.412 e. The molecule has 1 atom stereocenters. The molecule has 2 rings (SSSR count). The SMILES string of the molecule is CC(C)(C)OC(=O)Nc1ccc2c(c1)NC[C@H](CN)O2. The monoisotopic (exact) mass is 279 g/mol. The fourth-order valence-corrected chi connectivity index (χ4v) is 1.85. The van der Waals surface area contributed by atoms with Gasteiger partial charge in [0.1, 0.15) is 17.5 Å². The van der Waals surface area contributed by atoms with E-state index in [2.05, 4.69) is 10.6 Å². The van der Waals surface area contributed by atoms with Gasteiger partial charge in [0, 0.05) is 12.2 Å². The van der Waals surface area contributed by atoms with E-state index >= 15 is 0 Å². The van der Waals surface area contributed by atoms with E-state index in [9.17, 15) is 4.79 Å². The van der Waals surface area contributed by atoms with Gasteiger partial charge >= 0.3 is 6.09 Å². The van der Waals surface area contributed by atoms with Crippen molar-refractivity contribution in [3.8, 4) is 5.75 Å². The number of rotatable bonds is 2. The van der Waals surface area contributed by atoms with Crippen LogP contribution in [0.5, 0.6) is 5.75 Å². The number of anilines is 2. The van der Waals surface area contributed by atoms with Crippen molar-refractivity contribution in [1.82, 2.24) is 0 Å². The molecule has 6 nitrogen and oxygen atoms in total. The smallest absolute Gasteiger partial charge is 0.412 e. The lowest BCUT2D eigenvalue weighted by Crippen LogP contribution is -2.37. The molecule has 0 fully saturated rings. The molecule has 0 spiro atoms. The van der Waals surface area contributed by atoms with E-state index in [4.69, 9.17) is 15.2 Å². The van der Waals surface area contributed by atoms with Gasteiger partial charge in [0.15, 0.2) is 0 Å². The standard InChI is InChI=1S/C14H21N3O3/c1-14(2,3)20-13(18)17-9-4-5-12-11(6-9)16-8-10(7-15)19-12/h4-6,10,16H,7-8,15H2,1-3H3,(H,17,18)/t10-/m0/s1. The Bertz CT molecular complexity index is 497. The topological polar surface area (TPSA) is 85.6 Å². The summed E-state index contributed by atoms with van der Waals surface area (Å²) in [5.41, 5.74) is 6.55. The largest absolute Gasteiger partial charge is 0.485 e. The van der Waals surface area contributed by atoms with Gasteiger partial charge in [-0.1, -0.05) is 0 Å². The highest BCUT2D eigenvalue weighted by atomic mass is 16.6. The summed E-state index contributed by atoms with van der Waals surface area (Å²) >= 11 is 0. The van der Waals surface area contributed by atoms with E-state index in [0.29, 0.717) is 18.8 Å². The number of hydrogen-bond donors (Lipinski definition) is 3. The van der Waals surface area contributed by atoms with Crippen LogP contribution < -0.4 is 21.1 Å². The first-order valence-electron chi connectivity index (χ1n) is 6.62. The van der Waals surface area contributed by atoms with E-state index < -0.39 is 11.7 Å². The van der Waals surface area contributed by atoms with Crippen LogP contribution in [0.25, 0.3) is 0 Å². The molecular formula is C14H21N3O3. The Balaban J connectivity index is 2.03. The second-order valence-corrected chi connectivity index (χ2v) is 5.69. The lowest BCUT2D eigenvalue weighted by molar-refractivity contribution is 0.0636. The van der Waals surface area contributed by atoms with Crippen molar-refractivity contribution >= 4 is 17.5 Å². The lowest BCUT2D eigenvalue weighted by atomic mass is 10.2. The van der Waals surface area contributed by atoms with Crippen molar-refractivity contribution in [3.05, 3.63) is 18.2 Å². The molecule has 1 heterocycles. The molecule has 0 saturated heterocycles. The van der Waals surface area contributed by atoms with E-state index in [1.54, 1.807) is 12.1 Å². The minimum absolute atomic E-state index is 0.0211. The van der Waals surface area contributed by atoms with Crippen molar-refractivity contribution in [2.24, 2.45) is 5.73 Å². The first-order valence-corrected chi connectivity index (χ1v) is 6.62. The molecule has 0 bridgehead atoms. The quantitative estimate of drug-likeness (QED) is 0.772. The lowest BCUT2D eigenvalue weighted by Gasteiger charge is -2.27. The Hall–Kier alpha value is -1.95. The number of ether oxygens (including phenoxy) is 2. The van der Waals surface area contributed by atoms with Gasteiger partial charge < -0.3 is 20.5 Å². The average molecular weight is 279 g/mol. The molecule has 1 aliphatic heterocycles. The molecule has 0 saturated carbocycles. The summed E-state index contributed by atoms with van der Waals surface area (Å²) in [5.74, 6) is 0.737. The van der Waals surface area contributed by atoms with E-state index in [1.807, 2.05) is 26.8 Å². The Morgan fingerprint density at radius 3 is 2.95 bits per heavy atom. The first-order chi connectivity index (χ1) is 9.37. The van der Waals surface area contributed by atoms with E-state index in [0.717, 1.165) is 11.4 Å². The third-order valence-electron chi connectivity index (χ3n) is 2.70. The molecule has 110 valence electrons. The summed E-state index contributed by atoms with van der Waals surface area (Å²) in [6.45, 7) is 6.58. The van der Waals surface area contributed by atoms with Crippen LogP contribution in [0.2, 0.25) is 0 Å². The Morgan fingerprint density at radius 1 is 1.55 bits per heavy atom. The molecule has 0 radical (unpaired) electrons. The van der Waals surface area contributed by atoms with Crippen LogP contribution in [-0.2, 0) is 4.74 Å². The molecule has 20 heavy (non-hydrogen) atoms. The van der Waals surface area contributed by atoms with Crippen LogP contribution in [0, 0.1) is 0 Å². The fraction of sp³-hybridized carbons (Fsp3) is 0.500. The number of carbonyl (C=O) groups is 1. The summed E-state index contributed by atoms with van der Waals surface area (Å²) in [7, 11) is 0. The zero-order valence-corrected chi connectivity index (χ0v) is 12.0. The second kappa shape index (κ2) is 5.58. The number of hydrogen-bond acceptors (Lipinski definition) is 5. The van der Waals surface area contributed by atoms with Crippen LogP contribution in [0.3, 0.4) is 0 Å². The summed E-state index contributed by atoms with van der Waals surface area (Å²) in [6.07, 6.45) is -0.499. The maximum absolute atomic E-state index is 11.7. The van der Waals surface area contributed by atoms with Crippen LogP contribution in [0.15, 0.2) is 18.2 Å². The molecule has 1 aromatic carbocycles. The van der Waals surface area contributed by atoms with Crippen molar-refractivity contribution < 1.29 is 14.3 Å². The van der Waals surface area contributed by atoms with E-state index in [1.165, 1.54) is 0 Å². The summed E-state index contributed by atoms with van der Waals surface area (Å²) in [4.78, 5) is 11.7. The minimum atomic E-state index is -0.520. The molecule has 6 heteroatoms. The van der Waals surface area contributed by atoms with Crippen LogP contribution in [0.1, 0.15) is 20.8 Å². The van der Waals surface area contributed by atoms with Gasteiger partial charge in [0.05, 0.1) is 12.2 Å². The highest BCUT2D eigenvalue weighted by Crippen LogP contribution is 2.31. The van der Waals surface area contributed by atoms with Gasteiger partial charge in [-0.3, -0.25) is 5.32 Å². The van der Waals surface area contributed by atoms with Crippen LogP contribution in [-0.4, -0.2) is 30.9 Å². The molecule has 1 amide bonds. The molecular weight excluding hydrogens is 258 g/mol. The molecule has 1 aromatic rings. The average Bonchev–Trinajstić information content (AvgIpc) is 2.35. The predicted octanol–water partition coefficient (Wildman–Crippen LogP) is 2.17. The zero-order chi connectivity index (χ0) is 14.8. The third kappa shape index (κ3) is 3.77. The normalized spacial score (nSPS) is 17.5. The van der Waals surface area contributed by atoms with Gasteiger partial charge in [0.25, 0.3) is 0 Å². The highest BCUT2D eigenvalue weighted by molar-refractivity contribution is 5.86. The summed E-state index contributed by atoms with van der Waals surface area (Å²) < 4.78 is 10.9. The predicted molar refractivity (Wildman–Crippen MR) is 78.3 cm³/mol. The second-order valence-electron chi connectivity index (χ2n) is 5.69. The summed E-state index contributed by atoms with van der Waals surface area (Å²) in [5, 5.41) is 5.92. The number of fused-ring (bicyclic) bond motifs is 1. The molecule has 0 aromatic heterocycles. The maximum atomic E-state index is 11.7. The first kappa shape index (κ1) is 14.5. The van der Waals surface area contributed by atoms with Crippen molar-refractivity contribution in [2.75, 3.05) is 23.7 Å². The van der Waals surface area contributed by atoms with Gasteiger partial charge in [-0.2, -0.15) is 0 Å². The van der Waals surface area contributed by atoms with Gasteiger partial charge in [-0.25, -0.2) is 4.79 Å². The Labute approximate surface area is 118 Å². The van der Waals surface area contributed by atoms with Gasteiger partial charge in [0.2, 0.25) is 0 Å². The van der Waals surface area contributed by atoms with Gasteiger partial charge in [-0.05, 0) is 39.0 Å². The minimum Gasteiger partial charge on any atom is -0.485 e. The summed E-state index contributed by atoms with van der Waals surface area (Å²) in [6, 6.07) is 5.38. The Kier molecular flexibility index (Phi) is 4.04. The van der Waals surface area contributed by atoms with Gasteiger partial charge in [-0.15, -0.1) is 0 Å². The molecule has 1 aliphatic rings. The number of benzene rings is 1. The molecule has 0 unspecified atom stereocenters. The van der Waals surface area contributed by atoms with Crippen molar-refractivity contribution in [1.29, 1.82) is 0 Å². The van der Waals surface area contributed by atoms with E-state index in [-0.39, 0.29) is 6.10 Å². The van der Waals surface area contributed by atoms with Crippen LogP contribution >= 0.6 is 0 Å². The molecule has 4 N–H and O–H groups in total. The third-order valence-corrected chi connectivity index (χ3v) is 2.70. The van der Waals surface area contributed by atoms with Crippen molar-refractivity contribution in [3.63, 3.8) is 0 Å². The number of nitrogens with one attached hydrogen (secondary N) is 2. The highest BCUT2D eigenvalue weighted by Gasteiger charge is 2.19. The zero-order valence-electron chi connectivity index (χ0n) is 12.0. The Morgan fingerprint density at radius 2 is 2.30 bits per heavy atom. The van der Waals surface area contributed by atoms with Crippen molar-refractivity contribution in [2.45, 2.75) is 32.5 Å². The number of carbonyl (C=O) groups excluding carboxylic acids is 1. The number of amides is 1. The fourth-order valence-electron chi connectivity index (χ4n) is 1.85. The molecule has 0 aliphatic carbocycles.